The summed E-state index contributed by atoms with van der Waals surface area (Å²) in [6, 6.07) is 2.49. The summed E-state index contributed by atoms with van der Waals surface area (Å²) in [5.74, 6) is 1.76. The van der Waals surface area contributed by atoms with Crippen LogP contribution < -0.4 is 5.32 Å². The van der Waals surface area contributed by atoms with Crippen molar-refractivity contribution < 1.29 is 4.74 Å². The van der Waals surface area contributed by atoms with E-state index in [1.165, 1.54) is 0 Å². The highest BCUT2D eigenvalue weighted by molar-refractivity contribution is 5.37. The highest BCUT2D eigenvalue weighted by Crippen LogP contribution is 2.26. The number of aromatic nitrogens is 2. The summed E-state index contributed by atoms with van der Waals surface area (Å²) in [4.78, 5) is 8.62. The number of hydrogen-bond acceptors (Lipinski definition) is 4. The number of rotatable bonds is 4. The minimum absolute atomic E-state index is 0.437. The molecule has 1 aliphatic rings. The van der Waals surface area contributed by atoms with Gasteiger partial charge in [0.2, 0.25) is 0 Å². The quantitative estimate of drug-likeness (QED) is 0.845. The van der Waals surface area contributed by atoms with Gasteiger partial charge in [0.1, 0.15) is 11.6 Å². The molecule has 1 aromatic rings. The SMILES string of the molecule is CCOC1CC(Nc2cc(C)nc(C)n2)C1. The maximum Gasteiger partial charge on any atom is 0.130 e. The van der Waals surface area contributed by atoms with E-state index in [9.17, 15) is 0 Å². The average Bonchev–Trinajstić information content (AvgIpc) is 2.13. The Morgan fingerprint density at radius 1 is 1.38 bits per heavy atom. The van der Waals surface area contributed by atoms with Gasteiger partial charge in [0.15, 0.2) is 0 Å². The van der Waals surface area contributed by atoms with E-state index >= 15 is 0 Å². The molecule has 4 heteroatoms. The molecule has 1 aliphatic carbocycles. The van der Waals surface area contributed by atoms with Gasteiger partial charge in [-0.05, 0) is 33.6 Å². The van der Waals surface area contributed by atoms with E-state index in [-0.39, 0.29) is 0 Å². The van der Waals surface area contributed by atoms with Crippen LogP contribution in [0.3, 0.4) is 0 Å². The molecule has 1 fully saturated rings. The van der Waals surface area contributed by atoms with Crippen molar-refractivity contribution in [3.05, 3.63) is 17.6 Å². The smallest absolute Gasteiger partial charge is 0.130 e. The van der Waals surface area contributed by atoms with E-state index in [0.29, 0.717) is 12.1 Å². The molecule has 0 saturated heterocycles. The fraction of sp³-hybridized carbons (Fsp3) is 0.667. The molecule has 0 spiro atoms. The molecule has 0 radical (unpaired) electrons. The fourth-order valence-corrected chi connectivity index (χ4v) is 2.06. The number of anilines is 1. The van der Waals surface area contributed by atoms with Crippen LogP contribution in [0.15, 0.2) is 6.07 Å². The van der Waals surface area contributed by atoms with Gasteiger partial charge in [-0.2, -0.15) is 0 Å². The normalized spacial score (nSPS) is 23.9. The summed E-state index contributed by atoms with van der Waals surface area (Å²) in [5, 5.41) is 3.42. The Hall–Kier alpha value is -1.16. The molecule has 0 bridgehead atoms. The first-order valence-electron chi connectivity index (χ1n) is 5.87. The lowest BCUT2D eigenvalue weighted by atomic mass is 9.89. The largest absolute Gasteiger partial charge is 0.378 e. The van der Waals surface area contributed by atoms with Gasteiger partial charge in [-0.15, -0.1) is 0 Å². The zero-order chi connectivity index (χ0) is 11.5. The number of ether oxygens (including phenoxy) is 1. The molecule has 0 amide bonds. The summed E-state index contributed by atoms with van der Waals surface area (Å²) in [5.41, 5.74) is 1.01. The van der Waals surface area contributed by atoms with Crippen molar-refractivity contribution in [3.8, 4) is 0 Å². The molecule has 1 saturated carbocycles. The highest BCUT2D eigenvalue weighted by Gasteiger charge is 2.29. The predicted octanol–water partition coefficient (Wildman–Crippen LogP) is 2.07. The predicted molar refractivity (Wildman–Crippen MR) is 63.6 cm³/mol. The third-order valence-corrected chi connectivity index (χ3v) is 2.82. The standard InChI is InChI=1S/C12H19N3O/c1-4-16-11-6-10(7-11)15-12-5-8(2)13-9(3)14-12/h5,10-11H,4,6-7H2,1-3H3,(H,13,14,15). The lowest BCUT2D eigenvalue weighted by molar-refractivity contribution is 0.00292. The van der Waals surface area contributed by atoms with Gasteiger partial charge in [0.25, 0.3) is 0 Å². The second kappa shape index (κ2) is 4.78. The topological polar surface area (TPSA) is 47.0 Å². The monoisotopic (exact) mass is 221 g/mol. The summed E-state index contributed by atoms with van der Waals surface area (Å²) < 4.78 is 5.52. The van der Waals surface area contributed by atoms with Crippen molar-refractivity contribution in [1.82, 2.24) is 9.97 Å². The van der Waals surface area contributed by atoms with E-state index in [2.05, 4.69) is 15.3 Å². The third kappa shape index (κ3) is 2.70. The van der Waals surface area contributed by atoms with E-state index < -0.39 is 0 Å². The van der Waals surface area contributed by atoms with Crippen molar-refractivity contribution in [1.29, 1.82) is 0 Å². The average molecular weight is 221 g/mol. The van der Waals surface area contributed by atoms with Crippen LogP contribution in [0.25, 0.3) is 0 Å². The Bertz CT molecular complexity index is 341. The molecular weight excluding hydrogens is 202 g/mol. The summed E-state index contributed by atoms with van der Waals surface area (Å²) in [6.07, 6.45) is 2.60. The fourth-order valence-electron chi connectivity index (χ4n) is 2.06. The van der Waals surface area contributed by atoms with Crippen LogP contribution in [0.1, 0.15) is 31.3 Å². The highest BCUT2D eigenvalue weighted by atomic mass is 16.5. The molecule has 0 aromatic carbocycles. The van der Waals surface area contributed by atoms with Gasteiger partial charge in [0, 0.05) is 24.4 Å². The van der Waals surface area contributed by atoms with Gasteiger partial charge in [-0.1, -0.05) is 0 Å². The third-order valence-electron chi connectivity index (χ3n) is 2.82. The van der Waals surface area contributed by atoms with Crippen LogP contribution in [-0.2, 0) is 4.74 Å². The van der Waals surface area contributed by atoms with E-state index in [0.717, 1.165) is 36.8 Å². The maximum atomic E-state index is 5.52. The number of nitrogens with zero attached hydrogens (tertiary/aromatic N) is 2. The van der Waals surface area contributed by atoms with E-state index in [1.807, 2.05) is 26.8 Å². The van der Waals surface area contributed by atoms with Crippen molar-refractivity contribution in [3.63, 3.8) is 0 Å². The zero-order valence-electron chi connectivity index (χ0n) is 10.2. The van der Waals surface area contributed by atoms with Gasteiger partial charge < -0.3 is 10.1 Å². The molecule has 0 unspecified atom stereocenters. The van der Waals surface area contributed by atoms with Crippen LogP contribution in [0.2, 0.25) is 0 Å². The molecule has 2 rings (SSSR count). The van der Waals surface area contributed by atoms with E-state index in [1.54, 1.807) is 0 Å². The molecule has 0 aliphatic heterocycles. The van der Waals surface area contributed by atoms with Crippen molar-refractivity contribution in [2.24, 2.45) is 0 Å². The first kappa shape index (κ1) is 11.3. The molecule has 1 aromatic heterocycles. The Kier molecular flexibility index (Phi) is 3.39. The van der Waals surface area contributed by atoms with Crippen LogP contribution in [-0.4, -0.2) is 28.7 Å². The van der Waals surface area contributed by atoms with Crippen LogP contribution in [0.4, 0.5) is 5.82 Å². The van der Waals surface area contributed by atoms with Crippen molar-refractivity contribution in [2.75, 3.05) is 11.9 Å². The molecule has 1 N–H and O–H groups in total. The van der Waals surface area contributed by atoms with Gasteiger partial charge in [0.05, 0.1) is 6.10 Å². The summed E-state index contributed by atoms with van der Waals surface area (Å²) in [7, 11) is 0. The van der Waals surface area contributed by atoms with Gasteiger partial charge >= 0.3 is 0 Å². The van der Waals surface area contributed by atoms with Crippen LogP contribution in [0, 0.1) is 13.8 Å². The number of aryl methyl sites for hydroxylation is 2. The molecule has 0 atom stereocenters. The Morgan fingerprint density at radius 2 is 2.12 bits per heavy atom. The Labute approximate surface area is 96.4 Å². The van der Waals surface area contributed by atoms with Crippen molar-refractivity contribution >= 4 is 5.82 Å². The summed E-state index contributed by atoms with van der Waals surface area (Å²) in [6.45, 7) is 6.76. The molecular formula is C12H19N3O. The molecule has 16 heavy (non-hydrogen) atoms. The lowest BCUT2D eigenvalue weighted by Crippen LogP contribution is -2.41. The lowest BCUT2D eigenvalue weighted by Gasteiger charge is -2.35. The van der Waals surface area contributed by atoms with Gasteiger partial charge in [-0.3, -0.25) is 0 Å². The Morgan fingerprint density at radius 3 is 2.75 bits per heavy atom. The minimum Gasteiger partial charge on any atom is -0.378 e. The molecule has 1 heterocycles. The molecule has 88 valence electrons. The zero-order valence-corrected chi connectivity index (χ0v) is 10.2. The number of nitrogens with one attached hydrogen (secondary N) is 1. The first-order chi connectivity index (χ1) is 7.67. The minimum atomic E-state index is 0.437. The summed E-state index contributed by atoms with van der Waals surface area (Å²) >= 11 is 0. The van der Waals surface area contributed by atoms with Gasteiger partial charge in [-0.25, -0.2) is 9.97 Å². The first-order valence-corrected chi connectivity index (χ1v) is 5.87. The Balaban J connectivity index is 1.86. The van der Waals surface area contributed by atoms with Crippen LogP contribution in [0.5, 0.6) is 0 Å². The second-order valence-electron chi connectivity index (χ2n) is 4.33. The maximum absolute atomic E-state index is 5.52. The number of hydrogen-bond donors (Lipinski definition) is 1. The van der Waals surface area contributed by atoms with E-state index in [4.69, 9.17) is 4.74 Å². The second-order valence-corrected chi connectivity index (χ2v) is 4.33. The van der Waals surface area contributed by atoms with Crippen LogP contribution >= 0.6 is 0 Å². The van der Waals surface area contributed by atoms with Crippen molar-refractivity contribution in [2.45, 2.75) is 45.8 Å². The molecule has 4 nitrogen and oxygen atoms in total.